The van der Waals surface area contributed by atoms with E-state index in [0.29, 0.717) is 0 Å². The van der Waals surface area contributed by atoms with Gasteiger partial charge >= 0.3 is 0 Å². The maximum Gasteiger partial charge on any atom is 0.224 e. The van der Waals surface area contributed by atoms with Crippen LogP contribution >= 0.6 is 0 Å². The number of rotatable bonds is 4. The Morgan fingerprint density at radius 3 is 2.94 bits per heavy atom. The van der Waals surface area contributed by atoms with Crippen molar-refractivity contribution in [2.75, 3.05) is 13.6 Å². The summed E-state index contributed by atoms with van der Waals surface area (Å²) in [5.74, 6) is -0.263. The molecular weight excluding hydrogens is 224 g/mol. The van der Waals surface area contributed by atoms with Crippen LogP contribution in [0, 0.1) is 0 Å². The number of hydrogen-bond acceptors (Lipinski definition) is 2. The predicted octanol–water partition coefficient (Wildman–Crippen LogP) is 2.04. The fourth-order valence-corrected chi connectivity index (χ4v) is 2.69. The number of carbonyl (C=O) groups excluding carboxylic acids is 1. The van der Waals surface area contributed by atoms with Gasteiger partial charge in [-0.25, -0.2) is 0 Å². The normalized spacial score (nSPS) is 18.7. The van der Waals surface area contributed by atoms with Gasteiger partial charge in [0.2, 0.25) is 5.91 Å². The maximum atomic E-state index is 11.4. The van der Waals surface area contributed by atoms with E-state index in [1.54, 1.807) is 0 Å². The van der Waals surface area contributed by atoms with E-state index < -0.39 is 0 Å². The highest BCUT2D eigenvalue weighted by Crippen LogP contribution is 2.32. The van der Waals surface area contributed by atoms with Crippen LogP contribution in [0.4, 0.5) is 0 Å². The van der Waals surface area contributed by atoms with Crippen molar-refractivity contribution >= 4 is 5.91 Å². The van der Waals surface area contributed by atoms with Crippen molar-refractivity contribution in [3.8, 4) is 0 Å². The molecule has 18 heavy (non-hydrogen) atoms. The van der Waals surface area contributed by atoms with Gasteiger partial charge in [-0.05, 0) is 49.5 Å². The molecular formula is C15H22N2O. The van der Waals surface area contributed by atoms with E-state index >= 15 is 0 Å². The first kappa shape index (κ1) is 13.1. The molecule has 0 aromatic heterocycles. The third kappa shape index (κ3) is 2.72. The summed E-state index contributed by atoms with van der Waals surface area (Å²) < 4.78 is 0. The quantitative estimate of drug-likeness (QED) is 0.883. The number of hydrogen-bond donors (Lipinski definition) is 1. The Morgan fingerprint density at radius 2 is 2.28 bits per heavy atom. The molecule has 1 aliphatic rings. The Bertz CT molecular complexity index is 442. The van der Waals surface area contributed by atoms with Crippen molar-refractivity contribution in [3.05, 3.63) is 34.9 Å². The smallest absolute Gasteiger partial charge is 0.224 e. The van der Waals surface area contributed by atoms with E-state index in [4.69, 9.17) is 5.73 Å². The lowest BCUT2D eigenvalue weighted by Gasteiger charge is -2.24. The molecule has 0 fully saturated rings. The van der Waals surface area contributed by atoms with Crippen LogP contribution in [-0.2, 0) is 17.8 Å². The average Bonchev–Trinajstić information content (AvgIpc) is 2.37. The summed E-state index contributed by atoms with van der Waals surface area (Å²) in [6.07, 6.45) is 3.03. The summed E-state index contributed by atoms with van der Waals surface area (Å²) >= 11 is 0. The molecule has 3 heteroatoms. The second-order valence-corrected chi connectivity index (χ2v) is 5.21. The molecule has 1 aromatic rings. The zero-order valence-corrected chi connectivity index (χ0v) is 11.3. The number of aryl methyl sites for hydroxylation is 1. The maximum absolute atomic E-state index is 11.4. The lowest BCUT2D eigenvalue weighted by Crippen LogP contribution is -2.25. The fourth-order valence-electron chi connectivity index (χ4n) is 2.69. The van der Waals surface area contributed by atoms with Gasteiger partial charge < -0.3 is 10.6 Å². The summed E-state index contributed by atoms with van der Waals surface area (Å²) in [6.45, 7) is 4.16. The largest absolute Gasteiger partial charge is 0.369 e. The standard InChI is InChI=1S/C15H22N2O/c1-3-17(2)10-11-7-8-13-12(9-11)5-4-6-14(13)15(16)18/h7-9,14H,3-6,10H2,1-2H3,(H2,16,18). The van der Waals surface area contributed by atoms with Gasteiger partial charge in [0.25, 0.3) is 0 Å². The molecule has 0 bridgehead atoms. The average molecular weight is 246 g/mol. The van der Waals surface area contributed by atoms with Crippen LogP contribution in [0.5, 0.6) is 0 Å². The number of carbonyl (C=O) groups is 1. The van der Waals surface area contributed by atoms with Crippen molar-refractivity contribution in [2.45, 2.75) is 38.6 Å². The second kappa shape index (κ2) is 5.53. The van der Waals surface area contributed by atoms with Crippen molar-refractivity contribution in [2.24, 2.45) is 5.73 Å². The van der Waals surface area contributed by atoms with Crippen molar-refractivity contribution in [3.63, 3.8) is 0 Å². The topological polar surface area (TPSA) is 46.3 Å². The number of nitrogens with two attached hydrogens (primary N) is 1. The summed E-state index contributed by atoms with van der Waals surface area (Å²) in [5.41, 5.74) is 9.26. The minimum Gasteiger partial charge on any atom is -0.369 e. The molecule has 1 aliphatic carbocycles. The van der Waals surface area contributed by atoms with Crippen LogP contribution in [0.1, 0.15) is 42.4 Å². The zero-order chi connectivity index (χ0) is 13.1. The SMILES string of the molecule is CCN(C)Cc1ccc2c(c1)CCCC2C(N)=O. The molecule has 2 N–H and O–H groups in total. The van der Waals surface area contributed by atoms with Gasteiger partial charge in [-0.1, -0.05) is 25.1 Å². The van der Waals surface area contributed by atoms with Crippen LogP contribution in [-0.4, -0.2) is 24.4 Å². The van der Waals surface area contributed by atoms with Gasteiger partial charge in [0.15, 0.2) is 0 Å². The van der Waals surface area contributed by atoms with E-state index in [2.05, 4.69) is 37.1 Å². The summed E-state index contributed by atoms with van der Waals surface area (Å²) in [7, 11) is 2.12. The Morgan fingerprint density at radius 1 is 1.50 bits per heavy atom. The Hall–Kier alpha value is -1.35. The van der Waals surface area contributed by atoms with Crippen LogP contribution in [0.3, 0.4) is 0 Å². The molecule has 1 aromatic carbocycles. The number of amides is 1. The molecule has 2 rings (SSSR count). The summed E-state index contributed by atoms with van der Waals surface area (Å²) in [6, 6.07) is 6.48. The molecule has 98 valence electrons. The van der Waals surface area contributed by atoms with E-state index in [-0.39, 0.29) is 11.8 Å². The minimum absolute atomic E-state index is 0.0771. The number of fused-ring (bicyclic) bond motifs is 1. The third-order valence-electron chi connectivity index (χ3n) is 3.86. The minimum atomic E-state index is -0.186. The van der Waals surface area contributed by atoms with Crippen molar-refractivity contribution in [1.82, 2.24) is 4.90 Å². The molecule has 1 atom stereocenters. The molecule has 0 spiro atoms. The molecule has 0 radical (unpaired) electrons. The predicted molar refractivity (Wildman–Crippen MR) is 73.3 cm³/mol. The highest BCUT2D eigenvalue weighted by molar-refractivity contribution is 5.82. The van der Waals surface area contributed by atoms with Crippen LogP contribution < -0.4 is 5.73 Å². The van der Waals surface area contributed by atoms with Crippen molar-refractivity contribution < 1.29 is 4.79 Å². The van der Waals surface area contributed by atoms with Crippen LogP contribution in [0.15, 0.2) is 18.2 Å². The Kier molecular flexibility index (Phi) is 4.02. The van der Waals surface area contributed by atoms with Gasteiger partial charge in [0.1, 0.15) is 0 Å². The monoisotopic (exact) mass is 246 g/mol. The first-order chi connectivity index (χ1) is 8.61. The Balaban J connectivity index is 2.24. The number of nitrogens with zero attached hydrogens (tertiary/aromatic N) is 1. The zero-order valence-electron chi connectivity index (χ0n) is 11.3. The van der Waals surface area contributed by atoms with Crippen LogP contribution in [0.25, 0.3) is 0 Å². The Labute approximate surface area is 109 Å². The summed E-state index contributed by atoms with van der Waals surface area (Å²) in [5, 5.41) is 0. The molecule has 0 saturated carbocycles. The first-order valence-corrected chi connectivity index (χ1v) is 6.71. The fraction of sp³-hybridized carbons (Fsp3) is 0.533. The molecule has 0 heterocycles. The number of benzene rings is 1. The van der Waals surface area contributed by atoms with E-state index in [1.165, 1.54) is 11.1 Å². The van der Waals surface area contributed by atoms with E-state index in [9.17, 15) is 4.79 Å². The number of primary amides is 1. The molecule has 3 nitrogen and oxygen atoms in total. The van der Waals surface area contributed by atoms with Gasteiger partial charge in [0, 0.05) is 6.54 Å². The van der Waals surface area contributed by atoms with Crippen LogP contribution in [0.2, 0.25) is 0 Å². The molecule has 1 unspecified atom stereocenters. The van der Waals surface area contributed by atoms with Gasteiger partial charge in [-0.2, -0.15) is 0 Å². The van der Waals surface area contributed by atoms with E-state index in [0.717, 1.165) is 37.9 Å². The lowest BCUT2D eigenvalue weighted by atomic mass is 9.81. The first-order valence-electron chi connectivity index (χ1n) is 6.71. The van der Waals surface area contributed by atoms with Crippen molar-refractivity contribution in [1.29, 1.82) is 0 Å². The molecule has 1 amide bonds. The van der Waals surface area contributed by atoms with Gasteiger partial charge in [0.05, 0.1) is 5.92 Å². The highest BCUT2D eigenvalue weighted by atomic mass is 16.1. The summed E-state index contributed by atoms with van der Waals surface area (Å²) in [4.78, 5) is 13.7. The second-order valence-electron chi connectivity index (χ2n) is 5.21. The third-order valence-corrected chi connectivity index (χ3v) is 3.86. The van der Waals surface area contributed by atoms with Gasteiger partial charge in [-0.3, -0.25) is 4.79 Å². The lowest BCUT2D eigenvalue weighted by molar-refractivity contribution is -0.119. The molecule has 0 aliphatic heterocycles. The highest BCUT2D eigenvalue weighted by Gasteiger charge is 2.24. The van der Waals surface area contributed by atoms with Gasteiger partial charge in [-0.15, -0.1) is 0 Å². The van der Waals surface area contributed by atoms with E-state index in [1.807, 2.05) is 0 Å². The molecule has 0 saturated heterocycles.